The van der Waals surface area contributed by atoms with Gasteiger partial charge in [-0.15, -0.1) is 0 Å². The van der Waals surface area contributed by atoms with Crippen LogP contribution in [0.5, 0.6) is 0 Å². The SMILES string of the molecule is CC(C)NCCCN(CCCN(CCCN(C(C)C)C(C)C)C(C)C)C(C)C. The average molecular weight is 399 g/mol. The van der Waals surface area contributed by atoms with Gasteiger partial charge in [-0.3, -0.25) is 4.90 Å². The third-order valence-electron chi connectivity index (χ3n) is 5.71. The van der Waals surface area contributed by atoms with Crippen molar-refractivity contribution in [3.8, 4) is 0 Å². The quantitative estimate of drug-likeness (QED) is 0.359. The van der Waals surface area contributed by atoms with Gasteiger partial charge in [0.25, 0.3) is 0 Å². The first-order chi connectivity index (χ1) is 13.1. The highest BCUT2D eigenvalue weighted by molar-refractivity contribution is 4.71. The number of nitrogens with zero attached hydrogens (tertiary/aromatic N) is 3. The van der Waals surface area contributed by atoms with Crippen molar-refractivity contribution in [2.45, 2.75) is 119 Å². The van der Waals surface area contributed by atoms with Crippen molar-refractivity contribution in [1.29, 1.82) is 0 Å². The fourth-order valence-corrected chi connectivity index (χ4v) is 3.98. The molecule has 170 valence electrons. The van der Waals surface area contributed by atoms with Crippen LogP contribution in [0.3, 0.4) is 0 Å². The zero-order valence-electron chi connectivity index (χ0n) is 21.1. The summed E-state index contributed by atoms with van der Waals surface area (Å²) in [5.41, 5.74) is 0. The molecule has 0 saturated heterocycles. The van der Waals surface area contributed by atoms with Crippen LogP contribution in [-0.2, 0) is 0 Å². The lowest BCUT2D eigenvalue weighted by molar-refractivity contribution is 0.144. The summed E-state index contributed by atoms with van der Waals surface area (Å²) < 4.78 is 0. The predicted molar refractivity (Wildman–Crippen MR) is 127 cm³/mol. The first kappa shape index (κ1) is 27.8. The highest BCUT2D eigenvalue weighted by atomic mass is 15.2. The van der Waals surface area contributed by atoms with E-state index in [0.29, 0.717) is 30.2 Å². The Balaban J connectivity index is 4.30. The summed E-state index contributed by atoms with van der Waals surface area (Å²) in [6.45, 7) is 30.3. The van der Waals surface area contributed by atoms with Gasteiger partial charge in [0.05, 0.1) is 0 Å². The van der Waals surface area contributed by atoms with Gasteiger partial charge in [-0.2, -0.15) is 0 Å². The standard InChI is InChI=1S/C24H54N4/c1-20(2)25-14-11-15-26(21(3)4)16-12-17-27(22(5)6)18-13-19-28(23(7)8)24(9)10/h20-25H,11-19H2,1-10H3. The van der Waals surface area contributed by atoms with E-state index in [9.17, 15) is 0 Å². The average Bonchev–Trinajstić information content (AvgIpc) is 2.57. The molecule has 0 aliphatic heterocycles. The van der Waals surface area contributed by atoms with Gasteiger partial charge in [0.2, 0.25) is 0 Å². The minimum Gasteiger partial charge on any atom is -0.314 e. The van der Waals surface area contributed by atoms with Crippen molar-refractivity contribution in [2.75, 3.05) is 39.3 Å². The third-order valence-corrected chi connectivity index (χ3v) is 5.71. The molecule has 0 fully saturated rings. The van der Waals surface area contributed by atoms with Gasteiger partial charge in [0, 0.05) is 30.2 Å². The van der Waals surface area contributed by atoms with E-state index < -0.39 is 0 Å². The smallest absolute Gasteiger partial charge is 0.00413 e. The maximum atomic E-state index is 3.54. The van der Waals surface area contributed by atoms with Gasteiger partial charge in [0.1, 0.15) is 0 Å². The lowest BCUT2D eigenvalue weighted by Gasteiger charge is -2.33. The Bertz CT molecular complexity index is 345. The zero-order valence-corrected chi connectivity index (χ0v) is 21.1. The fourth-order valence-electron chi connectivity index (χ4n) is 3.98. The van der Waals surface area contributed by atoms with Crippen molar-refractivity contribution in [3.63, 3.8) is 0 Å². The molecule has 28 heavy (non-hydrogen) atoms. The molecule has 0 aromatic rings. The normalized spacial score (nSPS) is 13.1. The summed E-state index contributed by atoms with van der Waals surface area (Å²) in [6.07, 6.45) is 3.78. The minimum atomic E-state index is 0.592. The molecule has 0 rings (SSSR count). The van der Waals surface area contributed by atoms with E-state index in [1.165, 1.54) is 52.0 Å². The van der Waals surface area contributed by atoms with Crippen LogP contribution in [0.15, 0.2) is 0 Å². The van der Waals surface area contributed by atoms with Crippen LogP contribution < -0.4 is 5.32 Å². The van der Waals surface area contributed by atoms with Gasteiger partial charge in [0.15, 0.2) is 0 Å². The van der Waals surface area contributed by atoms with Crippen LogP contribution in [-0.4, -0.2) is 84.2 Å². The molecule has 0 saturated carbocycles. The summed E-state index contributed by atoms with van der Waals surface area (Å²) in [4.78, 5) is 7.95. The lowest BCUT2D eigenvalue weighted by Crippen LogP contribution is -2.41. The Morgan fingerprint density at radius 3 is 1.25 bits per heavy atom. The third kappa shape index (κ3) is 13.1. The maximum absolute atomic E-state index is 3.54. The van der Waals surface area contributed by atoms with E-state index in [-0.39, 0.29) is 0 Å². The molecule has 0 aliphatic carbocycles. The minimum absolute atomic E-state index is 0.592. The molecule has 0 heterocycles. The summed E-state index contributed by atoms with van der Waals surface area (Å²) in [7, 11) is 0. The molecule has 0 unspecified atom stereocenters. The topological polar surface area (TPSA) is 21.8 Å². The highest BCUT2D eigenvalue weighted by Gasteiger charge is 2.15. The molecule has 0 aromatic heterocycles. The van der Waals surface area contributed by atoms with E-state index in [0.717, 1.165) is 6.54 Å². The number of hydrogen-bond acceptors (Lipinski definition) is 4. The van der Waals surface area contributed by atoms with Crippen molar-refractivity contribution in [1.82, 2.24) is 20.0 Å². The van der Waals surface area contributed by atoms with Crippen LogP contribution in [0.2, 0.25) is 0 Å². The molecule has 4 nitrogen and oxygen atoms in total. The Morgan fingerprint density at radius 1 is 0.500 bits per heavy atom. The second kappa shape index (κ2) is 15.6. The highest BCUT2D eigenvalue weighted by Crippen LogP contribution is 2.09. The largest absolute Gasteiger partial charge is 0.314 e. The summed E-state index contributed by atoms with van der Waals surface area (Å²) in [6, 6.07) is 3.13. The van der Waals surface area contributed by atoms with Crippen molar-refractivity contribution < 1.29 is 0 Å². The molecular weight excluding hydrogens is 344 g/mol. The van der Waals surface area contributed by atoms with E-state index in [1.807, 2.05) is 0 Å². The second-order valence-corrected chi connectivity index (χ2v) is 9.85. The summed E-state index contributed by atoms with van der Waals surface area (Å²) in [5, 5.41) is 3.54. The van der Waals surface area contributed by atoms with Crippen LogP contribution in [0.25, 0.3) is 0 Å². The molecule has 4 heteroatoms. The Morgan fingerprint density at radius 2 is 0.893 bits per heavy atom. The summed E-state index contributed by atoms with van der Waals surface area (Å²) in [5.74, 6) is 0. The van der Waals surface area contributed by atoms with E-state index >= 15 is 0 Å². The Kier molecular flexibility index (Phi) is 15.6. The van der Waals surface area contributed by atoms with Gasteiger partial charge in [-0.25, -0.2) is 0 Å². The van der Waals surface area contributed by atoms with Crippen molar-refractivity contribution in [3.05, 3.63) is 0 Å². The molecule has 0 bridgehead atoms. The molecular formula is C24H54N4. The molecule has 0 aromatic carbocycles. The molecule has 0 radical (unpaired) electrons. The van der Waals surface area contributed by atoms with E-state index in [4.69, 9.17) is 0 Å². The number of hydrogen-bond donors (Lipinski definition) is 1. The molecule has 0 aliphatic rings. The first-order valence-corrected chi connectivity index (χ1v) is 12.0. The van der Waals surface area contributed by atoms with Crippen molar-refractivity contribution >= 4 is 0 Å². The maximum Gasteiger partial charge on any atom is 0.00413 e. The number of rotatable bonds is 17. The second-order valence-electron chi connectivity index (χ2n) is 9.85. The molecule has 0 spiro atoms. The predicted octanol–water partition coefficient (Wildman–Crippen LogP) is 4.69. The molecule has 0 atom stereocenters. The van der Waals surface area contributed by atoms with Crippen LogP contribution in [0, 0.1) is 0 Å². The van der Waals surface area contributed by atoms with E-state index in [2.05, 4.69) is 89.3 Å². The number of nitrogens with one attached hydrogen (secondary N) is 1. The first-order valence-electron chi connectivity index (χ1n) is 12.0. The Labute approximate surface area is 178 Å². The lowest BCUT2D eigenvalue weighted by atomic mass is 10.2. The molecule has 1 N–H and O–H groups in total. The van der Waals surface area contributed by atoms with Gasteiger partial charge < -0.3 is 15.1 Å². The van der Waals surface area contributed by atoms with E-state index in [1.54, 1.807) is 0 Å². The van der Waals surface area contributed by atoms with Gasteiger partial charge >= 0.3 is 0 Å². The monoisotopic (exact) mass is 398 g/mol. The van der Waals surface area contributed by atoms with Crippen LogP contribution in [0.4, 0.5) is 0 Å². The summed E-state index contributed by atoms with van der Waals surface area (Å²) >= 11 is 0. The molecule has 0 amide bonds. The van der Waals surface area contributed by atoms with Crippen LogP contribution in [0.1, 0.15) is 88.5 Å². The van der Waals surface area contributed by atoms with Crippen LogP contribution >= 0.6 is 0 Å². The zero-order chi connectivity index (χ0) is 21.7. The van der Waals surface area contributed by atoms with Gasteiger partial charge in [-0.1, -0.05) is 13.8 Å². The van der Waals surface area contributed by atoms with Gasteiger partial charge in [-0.05, 0) is 114 Å². The fraction of sp³-hybridized carbons (Fsp3) is 1.00. The van der Waals surface area contributed by atoms with Crippen molar-refractivity contribution in [2.24, 2.45) is 0 Å². The Hall–Kier alpha value is -0.160.